The number of phenolic OH excluding ortho intramolecular Hbond substituents is 2. The molecule has 3 rings (SSSR count). The van der Waals surface area contributed by atoms with Crippen LogP contribution in [-0.2, 0) is 4.74 Å². The molecule has 0 amide bonds. The van der Waals surface area contributed by atoms with Gasteiger partial charge in [-0.05, 0) is 25.1 Å². The van der Waals surface area contributed by atoms with E-state index < -0.39 is 5.63 Å². The van der Waals surface area contributed by atoms with Gasteiger partial charge in [-0.2, -0.15) is 0 Å². The highest BCUT2D eigenvalue weighted by atomic mass is 16.6. The second kappa shape index (κ2) is 6.51. The fourth-order valence-electron chi connectivity index (χ4n) is 2.57. The van der Waals surface area contributed by atoms with Crippen molar-refractivity contribution in [1.82, 2.24) is 0 Å². The summed E-state index contributed by atoms with van der Waals surface area (Å²) in [4.78, 5) is 11.9. The molecule has 6 heteroatoms. The molecule has 0 saturated carbocycles. The van der Waals surface area contributed by atoms with Crippen LogP contribution in [0.25, 0.3) is 16.8 Å². The van der Waals surface area contributed by atoms with Gasteiger partial charge in [0.1, 0.15) is 28.7 Å². The fraction of sp³-hybridized carbons (Fsp3) is 0.278. The third kappa shape index (κ3) is 3.67. The van der Waals surface area contributed by atoms with Crippen LogP contribution in [0.4, 0.5) is 0 Å². The average Bonchev–Trinajstić information content (AvgIpc) is 3.19. The number of allylic oxidation sites excluding steroid dienone is 2. The SMILES string of the molecule is C[C@H](O)C[C@H]1O[C@@H]1/C=C/C=C/c1cc2cc(O)cc(O)c2c(=O)o1. The molecule has 24 heavy (non-hydrogen) atoms. The molecule has 0 bridgehead atoms. The van der Waals surface area contributed by atoms with Crippen molar-refractivity contribution in [3.63, 3.8) is 0 Å². The Kier molecular flexibility index (Phi) is 4.42. The minimum Gasteiger partial charge on any atom is -0.508 e. The number of phenols is 2. The second-order valence-corrected chi connectivity index (χ2v) is 5.83. The van der Waals surface area contributed by atoms with Gasteiger partial charge in [0.2, 0.25) is 0 Å². The lowest BCUT2D eigenvalue weighted by atomic mass is 10.1. The first-order valence-corrected chi connectivity index (χ1v) is 7.62. The molecule has 1 aliphatic heterocycles. The Balaban J connectivity index is 1.73. The minimum absolute atomic E-state index is 0.00163. The van der Waals surface area contributed by atoms with E-state index in [1.165, 1.54) is 6.07 Å². The maximum Gasteiger partial charge on any atom is 0.347 e. The maximum atomic E-state index is 11.9. The van der Waals surface area contributed by atoms with E-state index >= 15 is 0 Å². The van der Waals surface area contributed by atoms with E-state index in [1.54, 1.807) is 31.2 Å². The molecule has 2 heterocycles. The van der Waals surface area contributed by atoms with Gasteiger partial charge in [-0.3, -0.25) is 0 Å². The normalized spacial score (nSPS) is 21.8. The lowest BCUT2D eigenvalue weighted by Crippen LogP contribution is -2.05. The van der Waals surface area contributed by atoms with Crippen molar-refractivity contribution in [1.29, 1.82) is 0 Å². The van der Waals surface area contributed by atoms with Crippen LogP contribution in [0, 0.1) is 0 Å². The van der Waals surface area contributed by atoms with E-state index in [0.717, 1.165) is 6.07 Å². The molecule has 1 aromatic heterocycles. The maximum absolute atomic E-state index is 11.9. The highest BCUT2D eigenvalue weighted by molar-refractivity contribution is 5.89. The van der Waals surface area contributed by atoms with Crippen LogP contribution in [0.1, 0.15) is 19.1 Å². The van der Waals surface area contributed by atoms with Crippen molar-refractivity contribution >= 4 is 16.8 Å². The zero-order valence-corrected chi connectivity index (χ0v) is 13.0. The van der Waals surface area contributed by atoms with Crippen molar-refractivity contribution < 1.29 is 24.5 Å². The molecule has 0 spiro atoms. The largest absolute Gasteiger partial charge is 0.508 e. The Morgan fingerprint density at radius 3 is 2.79 bits per heavy atom. The lowest BCUT2D eigenvalue weighted by molar-refractivity contribution is 0.170. The van der Waals surface area contributed by atoms with Crippen LogP contribution >= 0.6 is 0 Å². The van der Waals surface area contributed by atoms with E-state index in [1.807, 2.05) is 6.08 Å². The Hall–Kier alpha value is -2.57. The Bertz CT molecular complexity index is 862. The second-order valence-electron chi connectivity index (χ2n) is 5.83. The summed E-state index contributed by atoms with van der Waals surface area (Å²) in [6.45, 7) is 1.72. The van der Waals surface area contributed by atoms with Gasteiger partial charge in [0.25, 0.3) is 0 Å². The van der Waals surface area contributed by atoms with Crippen LogP contribution in [0.15, 0.2) is 45.6 Å². The van der Waals surface area contributed by atoms with Crippen molar-refractivity contribution in [3.8, 4) is 11.5 Å². The van der Waals surface area contributed by atoms with Gasteiger partial charge in [-0.15, -0.1) is 0 Å². The summed E-state index contributed by atoms with van der Waals surface area (Å²) in [6.07, 6.45) is 7.21. The molecule has 0 unspecified atom stereocenters. The third-order valence-corrected chi connectivity index (χ3v) is 3.71. The monoisotopic (exact) mass is 330 g/mol. The van der Waals surface area contributed by atoms with Gasteiger partial charge in [-0.25, -0.2) is 4.79 Å². The topological polar surface area (TPSA) is 103 Å². The van der Waals surface area contributed by atoms with Crippen molar-refractivity contribution in [2.45, 2.75) is 31.7 Å². The molecule has 0 radical (unpaired) electrons. The summed E-state index contributed by atoms with van der Waals surface area (Å²) in [5, 5.41) is 28.9. The van der Waals surface area contributed by atoms with Crippen molar-refractivity contribution in [2.75, 3.05) is 0 Å². The highest BCUT2D eigenvalue weighted by Crippen LogP contribution is 2.29. The van der Waals surface area contributed by atoms with E-state index in [4.69, 9.17) is 9.15 Å². The van der Waals surface area contributed by atoms with Gasteiger partial charge in [-0.1, -0.05) is 18.2 Å². The molecule has 3 atom stereocenters. The molecular weight excluding hydrogens is 312 g/mol. The fourth-order valence-corrected chi connectivity index (χ4v) is 2.57. The molecule has 3 N–H and O–H groups in total. The van der Waals surface area contributed by atoms with Crippen LogP contribution in [0.5, 0.6) is 11.5 Å². The average molecular weight is 330 g/mol. The quantitative estimate of drug-likeness (QED) is 0.574. The van der Waals surface area contributed by atoms with Crippen LogP contribution in [0.3, 0.4) is 0 Å². The summed E-state index contributed by atoms with van der Waals surface area (Å²) < 4.78 is 10.5. The van der Waals surface area contributed by atoms with E-state index in [-0.39, 0.29) is 35.2 Å². The molecule has 1 aromatic carbocycles. The number of aromatic hydroxyl groups is 2. The minimum atomic E-state index is -0.670. The first kappa shape index (κ1) is 16.3. The number of fused-ring (bicyclic) bond motifs is 1. The summed E-state index contributed by atoms with van der Waals surface area (Å²) >= 11 is 0. The Morgan fingerprint density at radius 1 is 1.25 bits per heavy atom. The molecule has 0 aliphatic carbocycles. The van der Waals surface area contributed by atoms with Crippen molar-refractivity contribution in [2.24, 2.45) is 0 Å². The van der Waals surface area contributed by atoms with Gasteiger partial charge in [0.15, 0.2) is 0 Å². The van der Waals surface area contributed by atoms with Crippen LogP contribution in [-0.4, -0.2) is 33.6 Å². The van der Waals surface area contributed by atoms with E-state index in [0.29, 0.717) is 17.6 Å². The molecule has 2 aromatic rings. The number of aliphatic hydroxyl groups is 1. The van der Waals surface area contributed by atoms with Gasteiger partial charge >= 0.3 is 5.63 Å². The number of ether oxygens (including phenoxy) is 1. The van der Waals surface area contributed by atoms with E-state index in [9.17, 15) is 20.1 Å². The lowest BCUT2D eigenvalue weighted by Gasteiger charge is -2.01. The molecule has 6 nitrogen and oxygen atoms in total. The summed E-state index contributed by atoms with van der Waals surface area (Å²) in [5.74, 6) is -0.140. The molecule has 1 aliphatic rings. The van der Waals surface area contributed by atoms with Crippen molar-refractivity contribution in [3.05, 3.63) is 52.6 Å². The van der Waals surface area contributed by atoms with Gasteiger partial charge in [0, 0.05) is 17.9 Å². The summed E-state index contributed by atoms with van der Waals surface area (Å²) in [6, 6.07) is 4.04. The van der Waals surface area contributed by atoms with Crippen LogP contribution < -0.4 is 5.63 Å². The first-order chi connectivity index (χ1) is 11.4. The summed E-state index contributed by atoms with van der Waals surface area (Å²) in [7, 11) is 0. The molecule has 1 fully saturated rings. The van der Waals surface area contributed by atoms with Crippen LogP contribution in [0.2, 0.25) is 0 Å². The number of aliphatic hydroxyl groups excluding tert-OH is 1. The van der Waals surface area contributed by atoms with E-state index in [2.05, 4.69) is 0 Å². The highest BCUT2D eigenvalue weighted by Gasteiger charge is 2.36. The number of hydrogen-bond donors (Lipinski definition) is 3. The number of hydrogen-bond acceptors (Lipinski definition) is 6. The number of epoxide rings is 1. The number of rotatable bonds is 5. The third-order valence-electron chi connectivity index (χ3n) is 3.71. The number of benzene rings is 1. The van der Waals surface area contributed by atoms with Gasteiger partial charge in [0.05, 0.1) is 12.2 Å². The molecular formula is C18H18O6. The summed E-state index contributed by atoms with van der Waals surface area (Å²) in [5.41, 5.74) is -0.670. The predicted octanol–water partition coefficient (Wildman–Crippen LogP) is 2.31. The predicted molar refractivity (Wildman–Crippen MR) is 88.9 cm³/mol. The molecule has 126 valence electrons. The Labute approximate surface area is 137 Å². The first-order valence-electron chi connectivity index (χ1n) is 7.62. The standard InChI is InChI=1S/C18H18O6/c1-10(19)6-16-15(24-16)5-3-2-4-13-8-11-7-12(20)9-14(21)17(11)18(22)23-13/h2-5,7-10,15-16,19-21H,6H2,1H3/b4-2+,5-3+/t10-,15+,16+/m0/s1. The smallest absolute Gasteiger partial charge is 0.347 e. The zero-order valence-electron chi connectivity index (χ0n) is 13.0. The zero-order chi connectivity index (χ0) is 17.3. The Morgan fingerprint density at radius 2 is 2.04 bits per heavy atom. The van der Waals surface area contributed by atoms with Gasteiger partial charge < -0.3 is 24.5 Å². The molecule has 1 saturated heterocycles.